The fourth-order valence-electron chi connectivity index (χ4n) is 1.27. The van der Waals surface area contributed by atoms with Crippen LogP contribution in [0.15, 0.2) is 16.6 Å². The predicted octanol–water partition coefficient (Wildman–Crippen LogP) is 2.94. The Morgan fingerprint density at radius 3 is 2.88 bits per heavy atom. The average Bonchev–Trinajstić information content (AvgIpc) is 2.28. The summed E-state index contributed by atoms with van der Waals surface area (Å²) in [5.41, 5.74) is 0.0162. The molecule has 1 aromatic carbocycles. The van der Waals surface area contributed by atoms with Gasteiger partial charge in [-0.3, -0.25) is 10.1 Å². The number of nitro groups is 1. The first-order valence-electron chi connectivity index (χ1n) is 4.92. The van der Waals surface area contributed by atoms with Gasteiger partial charge in [-0.2, -0.15) is 0 Å². The van der Waals surface area contributed by atoms with Crippen LogP contribution < -0.4 is 5.32 Å². The molecule has 0 bridgehead atoms. The highest BCUT2D eigenvalue weighted by molar-refractivity contribution is 9.10. The normalized spacial score (nSPS) is 10.3. The van der Waals surface area contributed by atoms with Crippen molar-refractivity contribution in [2.45, 2.75) is 6.42 Å². The summed E-state index contributed by atoms with van der Waals surface area (Å²) in [5.74, 6) is -0.654. The Bertz CT molecular complexity index is 415. The van der Waals surface area contributed by atoms with Crippen molar-refractivity contribution in [2.24, 2.45) is 0 Å². The molecular weight excluding hydrogens is 295 g/mol. The van der Waals surface area contributed by atoms with Gasteiger partial charge in [-0.15, -0.1) is 0 Å². The van der Waals surface area contributed by atoms with Crippen molar-refractivity contribution in [1.29, 1.82) is 0 Å². The maximum atomic E-state index is 13.2. The molecule has 0 heterocycles. The van der Waals surface area contributed by atoms with Gasteiger partial charge in [0.2, 0.25) is 0 Å². The van der Waals surface area contributed by atoms with Gasteiger partial charge in [0.15, 0.2) is 0 Å². The van der Waals surface area contributed by atoms with E-state index in [1.54, 1.807) is 7.11 Å². The molecule has 0 aliphatic carbocycles. The van der Waals surface area contributed by atoms with Crippen LogP contribution in [0.2, 0.25) is 0 Å². The molecule has 0 aliphatic heterocycles. The first kappa shape index (κ1) is 13.9. The summed E-state index contributed by atoms with van der Waals surface area (Å²) in [6, 6.07) is 2.25. The van der Waals surface area contributed by atoms with Gasteiger partial charge >= 0.3 is 0 Å². The van der Waals surface area contributed by atoms with Gasteiger partial charge in [-0.05, 0) is 28.4 Å². The number of ether oxygens (including phenoxy) is 1. The first-order chi connectivity index (χ1) is 8.06. The molecule has 17 heavy (non-hydrogen) atoms. The molecule has 0 fully saturated rings. The van der Waals surface area contributed by atoms with Crippen molar-refractivity contribution in [3.8, 4) is 0 Å². The zero-order valence-electron chi connectivity index (χ0n) is 9.20. The summed E-state index contributed by atoms with van der Waals surface area (Å²) in [5, 5.41) is 13.6. The summed E-state index contributed by atoms with van der Waals surface area (Å²) < 4.78 is 18.2. The fraction of sp³-hybridized carbons (Fsp3) is 0.400. The van der Waals surface area contributed by atoms with Crippen LogP contribution in [0.25, 0.3) is 0 Å². The van der Waals surface area contributed by atoms with Crippen LogP contribution in [0, 0.1) is 15.9 Å². The van der Waals surface area contributed by atoms with Crippen molar-refractivity contribution in [2.75, 3.05) is 25.6 Å². The minimum absolute atomic E-state index is 0.192. The zero-order chi connectivity index (χ0) is 12.8. The van der Waals surface area contributed by atoms with Gasteiger partial charge in [0.05, 0.1) is 15.5 Å². The highest BCUT2D eigenvalue weighted by Gasteiger charge is 2.17. The third kappa shape index (κ3) is 3.94. The third-order valence-corrected chi connectivity index (χ3v) is 2.68. The third-order valence-electron chi connectivity index (χ3n) is 2.08. The number of anilines is 1. The van der Waals surface area contributed by atoms with Crippen molar-refractivity contribution >= 4 is 27.3 Å². The number of halogens is 2. The van der Waals surface area contributed by atoms with E-state index >= 15 is 0 Å². The number of nitrogens with zero attached hydrogens (tertiary/aromatic N) is 1. The Hall–Kier alpha value is -1.21. The van der Waals surface area contributed by atoms with Crippen LogP contribution >= 0.6 is 15.9 Å². The number of hydrogen-bond donors (Lipinski definition) is 1. The van der Waals surface area contributed by atoms with Gasteiger partial charge in [0.1, 0.15) is 11.5 Å². The molecule has 0 spiro atoms. The summed E-state index contributed by atoms with van der Waals surface area (Å²) in [7, 11) is 1.58. The molecule has 0 saturated carbocycles. The number of hydrogen-bond acceptors (Lipinski definition) is 4. The van der Waals surface area contributed by atoms with E-state index in [2.05, 4.69) is 21.2 Å². The Morgan fingerprint density at radius 2 is 2.29 bits per heavy atom. The molecule has 0 aromatic heterocycles. The number of benzene rings is 1. The summed E-state index contributed by atoms with van der Waals surface area (Å²) in [4.78, 5) is 10.1. The number of nitrogens with one attached hydrogen (secondary N) is 1. The lowest BCUT2D eigenvalue weighted by atomic mass is 10.2. The van der Waals surface area contributed by atoms with Gasteiger partial charge in [-0.25, -0.2) is 4.39 Å². The minimum Gasteiger partial charge on any atom is -0.385 e. The molecule has 0 amide bonds. The lowest BCUT2D eigenvalue weighted by Crippen LogP contribution is -2.07. The van der Waals surface area contributed by atoms with Crippen molar-refractivity contribution in [1.82, 2.24) is 0 Å². The Morgan fingerprint density at radius 1 is 1.59 bits per heavy atom. The van der Waals surface area contributed by atoms with E-state index < -0.39 is 10.7 Å². The van der Waals surface area contributed by atoms with Crippen LogP contribution in [0.5, 0.6) is 0 Å². The number of methoxy groups -OCH3 is 1. The molecule has 1 N–H and O–H groups in total. The predicted molar refractivity (Wildman–Crippen MR) is 65.7 cm³/mol. The molecular formula is C10H12BrFN2O3. The average molecular weight is 307 g/mol. The van der Waals surface area contributed by atoms with E-state index in [0.717, 1.165) is 6.07 Å². The highest BCUT2D eigenvalue weighted by atomic mass is 79.9. The standard InChI is InChI=1S/C10H12BrFN2O3/c1-17-4-2-3-13-9-5-7(11)8(12)6-10(9)14(15)16/h5-6,13H,2-4H2,1H3. The summed E-state index contributed by atoms with van der Waals surface area (Å²) in [6.07, 6.45) is 0.711. The van der Waals surface area contributed by atoms with Crippen molar-refractivity contribution < 1.29 is 14.1 Å². The lowest BCUT2D eigenvalue weighted by Gasteiger charge is -2.07. The van der Waals surface area contributed by atoms with Crippen molar-refractivity contribution in [3.05, 3.63) is 32.5 Å². The van der Waals surface area contributed by atoms with E-state index in [1.165, 1.54) is 6.07 Å². The van der Waals surface area contributed by atoms with E-state index in [0.29, 0.717) is 25.3 Å². The minimum atomic E-state index is -0.654. The fourth-order valence-corrected chi connectivity index (χ4v) is 1.61. The van der Waals surface area contributed by atoms with Gasteiger partial charge in [0, 0.05) is 20.3 Å². The maximum Gasteiger partial charge on any atom is 0.295 e. The zero-order valence-corrected chi connectivity index (χ0v) is 10.8. The van der Waals surface area contributed by atoms with E-state index in [1.807, 2.05) is 0 Å². The molecule has 1 rings (SSSR count). The monoisotopic (exact) mass is 306 g/mol. The van der Waals surface area contributed by atoms with Crippen LogP contribution in [0.4, 0.5) is 15.8 Å². The van der Waals surface area contributed by atoms with Gasteiger partial charge in [0.25, 0.3) is 5.69 Å². The SMILES string of the molecule is COCCCNc1cc(Br)c(F)cc1[N+](=O)[O-]. The van der Waals surface area contributed by atoms with E-state index in [-0.39, 0.29) is 10.2 Å². The molecule has 5 nitrogen and oxygen atoms in total. The lowest BCUT2D eigenvalue weighted by molar-refractivity contribution is -0.384. The molecule has 0 saturated heterocycles. The number of nitro benzene ring substituents is 1. The second kappa shape index (κ2) is 6.51. The quantitative estimate of drug-likeness (QED) is 0.498. The van der Waals surface area contributed by atoms with Crippen LogP contribution in [-0.4, -0.2) is 25.2 Å². The van der Waals surface area contributed by atoms with Crippen LogP contribution in [0.1, 0.15) is 6.42 Å². The van der Waals surface area contributed by atoms with Crippen LogP contribution in [-0.2, 0) is 4.74 Å². The molecule has 0 radical (unpaired) electrons. The topological polar surface area (TPSA) is 64.4 Å². The molecule has 1 aromatic rings. The molecule has 0 aliphatic rings. The molecule has 0 atom stereocenters. The Kier molecular flexibility index (Phi) is 5.30. The molecule has 94 valence electrons. The second-order valence-electron chi connectivity index (χ2n) is 3.31. The summed E-state index contributed by atoms with van der Waals surface area (Å²) >= 11 is 2.99. The smallest absolute Gasteiger partial charge is 0.295 e. The first-order valence-corrected chi connectivity index (χ1v) is 5.71. The van der Waals surface area contributed by atoms with Gasteiger partial charge in [-0.1, -0.05) is 0 Å². The van der Waals surface area contributed by atoms with E-state index in [4.69, 9.17) is 4.74 Å². The van der Waals surface area contributed by atoms with Crippen molar-refractivity contribution in [3.63, 3.8) is 0 Å². The Labute approximate surface area is 106 Å². The Balaban J connectivity index is 2.81. The molecule has 7 heteroatoms. The maximum absolute atomic E-state index is 13.2. The van der Waals surface area contributed by atoms with Gasteiger partial charge < -0.3 is 10.1 Å². The largest absolute Gasteiger partial charge is 0.385 e. The summed E-state index contributed by atoms with van der Waals surface area (Å²) in [6.45, 7) is 1.08. The highest BCUT2D eigenvalue weighted by Crippen LogP contribution is 2.30. The van der Waals surface area contributed by atoms with Crippen LogP contribution in [0.3, 0.4) is 0 Å². The number of rotatable bonds is 6. The van der Waals surface area contributed by atoms with E-state index in [9.17, 15) is 14.5 Å². The molecule has 0 unspecified atom stereocenters. The second-order valence-corrected chi connectivity index (χ2v) is 4.17.